The summed E-state index contributed by atoms with van der Waals surface area (Å²) in [6, 6.07) is 0. The van der Waals surface area contributed by atoms with Gasteiger partial charge in [-0.05, 0) is 26.2 Å². The smallest absolute Gasteiger partial charge is 0.254 e. The molecule has 1 aliphatic heterocycles. The molecule has 0 aromatic carbocycles. The van der Waals surface area contributed by atoms with Gasteiger partial charge >= 0.3 is 0 Å². The maximum atomic E-state index is 4.50. The second-order valence-corrected chi connectivity index (χ2v) is 4.52. The summed E-state index contributed by atoms with van der Waals surface area (Å²) in [6.07, 6.45) is 5.10. The Bertz CT molecular complexity index is 539. The number of anilines is 1. The molecule has 0 N–H and O–H groups in total. The monoisotopic (exact) mass is 231 g/mol. The fourth-order valence-electron chi connectivity index (χ4n) is 2.64. The molecule has 5 nitrogen and oxygen atoms in total. The molecule has 0 bridgehead atoms. The van der Waals surface area contributed by atoms with Crippen LogP contribution in [0.1, 0.15) is 31.0 Å². The van der Waals surface area contributed by atoms with E-state index in [1.807, 2.05) is 4.52 Å². The van der Waals surface area contributed by atoms with Crippen molar-refractivity contribution in [2.45, 2.75) is 33.1 Å². The van der Waals surface area contributed by atoms with Crippen molar-refractivity contribution in [1.82, 2.24) is 19.6 Å². The average Bonchev–Trinajstić information content (AvgIpc) is 2.97. The Hall–Kier alpha value is -1.65. The van der Waals surface area contributed by atoms with Crippen LogP contribution in [-0.2, 0) is 6.42 Å². The van der Waals surface area contributed by atoms with E-state index >= 15 is 0 Å². The van der Waals surface area contributed by atoms with Crippen molar-refractivity contribution in [2.24, 2.45) is 0 Å². The van der Waals surface area contributed by atoms with Gasteiger partial charge in [-0.2, -0.15) is 14.6 Å². The maximum absolute atomic E-state index is 4.50. The molecule has 2 aromatic heterocycles. The summed E-state index contributed by atoms with van der Waals surface area (Å²) in [7, 11) is 0. The van der Waals surface area contributed by atoms with Crippen LogP contribution in [0.4, 0.5) is 5.82 Å². The number of aryl methyl sites for hydroxylation is 1. The Balaban J connectivity index is 2.26. The Kier molecular flexibility index (Phi) is 2.46. The summed E-state index contributed by atoms with van der Waals surface area (Å²) >= 11 is 0. The summed E-state index contributed by atoms with van der Waals surface area (Å²) < 4.78 is 1.89. The highest BCUT2D eigenvalue weighted by molar-refractivity contribution is 5.55. The molecule has 3 heterocycles. The first-order valence-corrected chi connectivity index (χ1v) is 6.25. The van der Waals surface area contributed by atoms with E-state index in [4.69, 9.17) is 0 Å². The molecule has 5 heteroatoms. The van der Waals surface area contributed by atoms with Gasteiger partial charge in [-0.15, -0.1) is 0 Å². The van der Waals surface area contributed by atoms with Gasteiger partial charge in [0.2, 0.25) is 0 Å². The van der Waals surface area contributed by atoms with Crippen molar-refractivity contribution in [2.75, 3.05) is 18.0 Å². The molecule has 1 aliphatic rings. The van der Waals surface area contributed by atoms with Crippen molar-refractivity contribution in [3.05, 3.63) is 17.6 Å². The van der Waals surface area contributed by atoms with Crippen LogP contribution in [0.25, 0.3) is 5.78 Å². The van der Waals surface area contributed by atoms with E-state index in [0.717, 1.165) is 25.2 Å². The highest BCUT2D eigenvalue weighted by Crippen LogP contribution is 2.26. The first-order chi connectivity index (χ1) is 8.31. The van der Waals surface area contributed by atoms with Crippen molar-refractivity contribution in [1.29, 1.82) is 0 Å². The van der Waals surface area contributed by atoms with Crippen molar-refractivity contribution in [3.63, 3.8) is 0 Å². The SMILES string of the molecule is CCc1c(C)nc2ncnn2c1N1CCCC1. The zero-order valence-electron chi connectivity index (χ0n) is 10.3. The number of fused-ring (bicyclic) bond motifs is 1. The molecule has 90 valence electrons. The number of aromatic nitrogens is 4. The fraction of sp³-hybridized carbons (Fsp3) is 0.583. The van der Waals surface area contributed by atoms with Crippen LogP contribution < -0.4 is 4.90 Å². The molecule has 1 saturated heterocycles. The van der Waals surface area contributed by atoms with Gasteiger partial charge in [-0.3, -0.25) is 0 Å². The number of hydrogen-bond donors (Lipinski definition) is 0. The molecule has 0 aliphatic carbocycles. The third-order valence-corrected chi connectivity index (χ3v) is 3.46. The largest absolute Gasteiger partial charge is 0.356 e. The van der Waals surface area contributed by atoms with E-state index in [0.29, 0.717) is 5.78 Å². The standard InChI is InChI=1S/C12H17N5/c1-3-10-9(2)15-12-13-8-14-17(12)11(10)16-6-4-5-7-16/h8H,3-7H2,1-2H3. The fourth-order valence-corrected chi connectivity index (χ4v) is 2.64. The first-order valence-electron chi connectivity index (χ1n) is 6.25. The van der Waals surface area contributed by atoms with Crippen LogP contribution in [0.3, 0.4) is 0 Å². The molecule has 3 rings (SSSR count). The van der Waals surface area contributed by atoms with E-state index in [-0.39, 0.29) is 0 Å². The molecule has 0 atom stereocenters. The van der Waals surface area contributed by atoms with Gasteiger partial charge in [0.25, 0.3) is 5.78 Å². The third-order valence-electron chi connectivity index (χ3n) is 3.46. The van der Waals surface area contributed by atoms with Gasteiger partial charge in [0.15, 0.2) is 0 Å². The van der Waals surface area contributed by atoms with E-state index in [1.165, 1.54) is 24.2 Å². The van der Waals surface area contributed by atoms with Crippen LogP contribution in [0.2, 0.25) is 0 Å². The lowest BCUT2D eigenvalue weighted by Crippen LogP contribution is -2.23. The molecule has 17 heavy (non-hydrogen) atoms. The molecule has 0 radical (unpaired) electrons. The van der Waals surface area contributed by atoms with E-state index in [2.05, 4.69) is 33.8 Å². The summed E-state index contributed by atoms with van der Waals surface area (Å²) in [5, 5.41) is 4.31. The summed E-state index contributed by atoms with van der Waals surface area (Å²) in [5.74, 6) is 1.91. The predicted octanol–water partition coefficient (Wildman–Crippen LogP) is 1.60. The molecule has 0 unspecified atom stereocenters. The minimum atomic E-state index is 0.710. The minimum Gasteiger partial charge on any atom is -0.356 e. The Morgan fingerprint density at radius 2 is 2.06 bits per heavy atom. The molecule has 0 amide bonds. The van der Waals surface area contributed by atoms with E-state index < -0.39 is 0 Å². The maximum Gasteiger partial charge on any atom is 0.254 e. The lowest BCUT2D eigenvalue weighted by molar-refractivity contribution is 0.821. The minimum absolute atomic E-state index is 0.710. The molecular formula is C12H17N5. The van der Waals surface area contributed by atoms with Gasteiger partial charge in [0.05, 0.1) is 0 Å². The lowest BCUT2D eigenvalue weighted by Gasteiger charge is -2.22. The first kappa shape index (κ1) is 10.5. The van der Waals surface area contributed by atoms with Gasteiger partial charge < -0.3 is 4.90 Å². The summed E-state index contributed by atoms with van der Waals surface area (Å²) in [4.78, 5) is 11.1. The normalized spacial score (nSPS) is 16.0. The summed E-state index contributed by atoms with van der Waals surface area (Å²) in [5.41, 5.74) is 2.37. The van der Waals surface area contributed by atoms with Crippen LogP contribution in [0, 0.1) is 6.92 Å². The number of hydrogen-bond acceptors (Lipinski definition) is 4. The summed E-state index contributed by atoms with van der Waals surface area (Å²) in [6.45, 7) is 6.47. The Morgan fingerprint density at radius 3 is 2.76 bits per heavy atom. The Labute approximate surface area is 100 Å². The molecular weight excluding hydrogens is 214 g/mol. The van der Waals surface area contributed by atoms with Crippen LogP contribution >= 0.6 is 0 Å². The Morgan fingerprint density at radius 1 is 1.29 bits per heavy atom. The van der Waals surface area contributed by atoms with Gasteiger partial charge in [0, 0.05) is 24.3 Å². The van der Waals surface area contributed by atoms with Crippen LogP contribution in [-0.4, -0.2) is 32.7 Å². The average molecular weight is 231 g/mol. The predicted molar refractivity (Wildman–Crippen MR) is 66.3 cm³/mol. The highest BCUT2D eigenvalue weighted by atomic mass is 15.4. The highest BCUT2D eigenvalue weighted by Gasteiger charge is 2.21. The van der Waals surface area contributed by atoms with Gasteiger partial charge in [-0.1, -0.05) is 6.92 Å². The molecule has 0 spiro atoms. The third kappa shape index (κ3) is 1.57. The molecule has 1 fully saturated rings. The van der Waals surface area contributed by atoms with Crippen LogP contribution in [0.5, 0.6) is 0 Å². The van der Waals surface area contributed by atoms with Crippen molar-refractivity contribution in [3.8, 4) is 0 Å². The molecule has 2 aromatic rings. The topological polar surface area (TPSA) is 46.3 Å². The zero-order valence-corrected chi connectivity index (χ0v) is 10.3. The molecule has 0 saturated carbocycles. The zero-order chi connectivity index (χ0) is 11.8. The van der Waals surface area contributed by atoms with Gasteiger partial charge in [0.1, 0.15) is 12.1 Å². The second-order valence-electron chi connectivity index (χ2n) is 4.52. The second kappa shape index (κ2) is 3.98. The van der Waals surface area contributed by atoms with Crippen molar-refractivity contribution >= 4 is 11.6 Å². The lowest BCUT2D eigenvalue weighted by atomic mass is 10.1. The van der Waals surface area contributed by atoms with E-state index in [9.17, 15) is 0 Å². The number of rotatable bonds is 2. The number of nitrogens with zero attached hydrogens (tertiary/aromatic N) is 5. The quantitative estimate of drug-likeness (QED) is 0.787. The van der Waals surface area contributed by atoms with Gasteiger partial charge in [-0.25, -0.2) is 4.98 Å². The van der Waals surface area contributed by atoms with E-state index in [1.54, 1.807) is 6.33 Å². The van der Waals surface area contributed by atoms with Crippen LogP contribution in [0.15, 0.2) is 6.33 Å². The van der Waals surface area contributed by atoms with Crippen molar-refractivity contribution < 1.29 is 0 Å².